The zero-order chi connectivity index (χ0) is 18.3. The van der Waals surface area contributed by atoms with Crippen LogP contribution in [0.2, 0.25) is 5.02 Å². The zero-order valence-corrected chi connectivity index (χ0v) is 16.4. The molecule has 3 heterocycles. The molecule has 3 aromatic heterocycles. The van der Waals surface area contributed by atoms with Crippen LogP contribution in [0.4, 0.5) is 5.13 Å². The van der Waals surface area contributed by atoms with Gasteiger partial charge in [-0.15, -0.1) is 21.5 Å². The monoisotopic (exact) mass is 403 g/mol. The van der Waals surface area contributed by atoms with Crippen LogP contribution < -0.4 is 5.32 Å². The quantitative estimate of drug-likeness (QED) is 0.535. The second-order valence-corrected chi connectivity index (χ2v) is 8.09. The van der Waals surface area contributed by atoms with Gasteiger partial charge in [0.1, 0.15) is 9.84 Å². The molecule has 0 fully saturated rings. The van der Waals surface area contributed by atoms with Gasteiger partial charge in [-0.2, -0.15) is 5.10 Å². The van der Waals surface area contributed by atoms with Gasteiger partial charge < -0.3 is 0 Å². The zero-order valence-electron chi connectivity index (χ0n) is 14.0. The number of halogens is 1. The van der Waals surface area contributed by atoms with Crippen LogP contribution in [0.15, 0.2) is 30.3 Å². The summed E-state index contributed by atoms with van der Waals surface area (Å²) in [5.74, 6) is -0.199. The van der Waals surface area contributed by atoms with E-state index in [1.807, 2.05) is 44.2 Å². The summed E-state index contributed by atoms with van der Waals surface area (Å²) < 4.78 is 1.79. The van der Waals surface area contributed by atoms with E-state index >= 15 is 0 Å². The number of thiophene rings is 1. The van der Waals surface area contributed by atoms with Gasteiger partial charge in [-0.25, -0.2) is 4.68 Å². The minimum atomic E-state index is -0.199. The van der Waals surface area contributed by atoms with Crippen LogP contribution in [0.5, 0.6) is 0 Å². The third-order valence-electron chi connectivity index (χ3n) is 3.84. The number of anilines is 1. The molecule has 26 heavy (non-hydrogen) atoms. The Balaban J connectivity index is 1.70. The molecule has 4 aromatic rings. The highest BCUT2D eigenvalue weighted by Crippen LogP contribution is 2.32. The SMILES string of the molecule is CCc1nnc(NC(=O)c2cc3c(C)nn(-c4ccccc4Cl)c3s2)s1. The lowest BCUT2D eigenvalue weighted by Gasteiger charge is -2.04. The Morgan fingerprint density at radius 2 is 2.08 bits per heavy atom. The van der Waals surface area contributed by atoms with Crippen molar-refractivity contribution in [2.75, 3.05) is 5.32 Å². The van der Waals surface area contributed by atoms with E-state index in [1.165, 1.54) is 22.7 Å². The molecule has 132 valence electrons. The van der Waals surface area contributed by atoms with E-state index in [0.29, 0.717) is 15.0 Å². The highest BCUT2D eigenvalue weighted by Gasteiger charge is 2.19. The van der Waals surface area contributed by atoms with Gasteiger partial charge >= 0.3 is 0 Å². The maximum absolute atomic E-state index is 12.6. The summed E-state index contributed by atoms with van der Waals surface area (Å²) in [6.07, 6.45) is 0.795. The number of carbonyl (C=O) groups excluding carboxylic acids is 1. The number of nitrogens with zero attached hydrogens (tertiary/aromatic N) is 4. The van der Waals surface area contributed by atoms with Crippen molar-refractivity contribution in [3.8, 4) is 5.69 Å². The first-order valence-corrected chi connectivity index (χ1v) is 9.95. The first kappa shape index (κ1) is 17.1. The second-order valence-electron chi connectivity index (χ2n) is 5.59. The van der Waals surface area contributed by atoms with Crippen LogP contribution in [-0.4, -0.2) is 25.9 Å². The summed E-state index contributed by atoms with van der Waals surface area (Å²) in [7, 11) is 0. The molecule has 0 bridgehead atoms. The van der Waals surface area contributed by atoms with Gasteiger partial charge in [0.25, 0.3) is 5.91 Å². The maximum Gasteiger partial charge on any atom is 0.267 e. The number of hydrogen-bond donors (Lipinski definition) is 1. The number of rotatable bonds is 4. The van der Waals surface area contributed by atoms with Crippen LogP contribution in [0.25, 0.3) is 15.9 Å². The fourth-order valence-electron chi connectivity index (χ4n) is 2.55. The Morgan fingerprint density at radius 1 is 1.27 bits per heavy atom. The Kier molecular flexibility index (Phi) is 4.47. The van der Waals surface area contributed by atoms with E-state index in [1.54, 1.807) is 4.68 Å². The number of fused-ring (bicyclic) bond motifs is 1. The molecule has 9 heteroatoms. The predicted molar refractivity (Wildman–Crippen MR) is 106 cm³/mol. The van der Waals surface area contributed by atoms with Crippen molar-refractivity contribution < 1.29 is 4.79 Å². The molecule has 1 aromatic carbocycles. The van der Waals surface area contributed by atoms with Crippen LogP contribution in [0, 0.1) is 6.92 Å². The third-order valence-corrected chi connectivity index (χ3v) is 6.25. The first-order valence-electron chi connectivity index (χ1n) is 7.94. The van der Waals surface area contributed by atoms with Crippen molar-refractivity contribution in [1.29, 1.82) is 0 Å². The lowest BCUT2D eigenvalue weighted by atomic mass is 10.3. The summed E-state index contributed by atoms with van der Waals surface area (Å²) in [5, 5.41) is 18.3. The number of benzene rings is 1. The van der Waals surface area contributed by atoms with Gasteiger partial charge in [-0.3, -0.25) is 10.1 Å². The Bertz CT molecular complexity index is 1110. The maximum atomic E-state index is 12.6. The summed E-state index contributed by atoms with van der Waals surface area (Å²) in [6.45, 7) is 3.92. The summed E-state index contributed by atoms with van der Waals surface area (Å²) in [5.41, 5.74) is 1.64. The van der Waals surface area contributed by atoms with Crippen LogP contribution >= 0.6 is 34.3 Å². The van der Waals surface area contributed by atoms with Crippen molar-refractivity contribution in [2.45, 2.75) is 20.3 Å². The van der Waals surface area contributed by atoms with Gasteiger partial charge in [0.2, 0.25) is 5.13 Å². The molecule has 6 nitrogen and oxygen atoms in total. The normalized spacial score (nSPS) is 11.2. The molecule has 0 saturated heterocycles. The highest BCUT2D eigenvalue weighted by molar-refractivity contribution is 7.20. The minimum Gasteiger partial charge on any atom is -0.296 e. The molecule has 0 radical (unpaired) electrons. The molecule has 0 saturated carbocycles. The van der Waals surface area contributed by atoms with E-state index in [4.69, 9.17) is 11.6 Å². The topological polar surface area (TPSA) is 72.7 Å². The van der Waals surface area contributed by atoms with E-state index < -0.39 is 0 Å². The molecule has 0 unspecified atom stereocenters. The van der Waals surface area contributed by atoms with Gasteiger partial charge in [0.15, 0.2) is 0 Å². The largest absolute Gasteiger partial charge is 0.296 e. The Morgan fingerprint density at radius 3 is 2.81 bits per heavy atom. The van der Waals surface area contributed by atoms with Crippen molar-refractivity contribution in [3.05, 3.63) is 50.9 Å². The summed E-state index contributed by atoms with van der Waals surface area (Å²) in [6, 6.07) is 9.36. The third kappa shape index (κ3) is 3.00. The minimum absolute atomic E-state index is 0.199. The average Bonchev–Trinajstić information content (AvgIpc) is 3.32. The van der Waals surface area contributed by atoms with Crippen molar-refractivity contribution in [1.82, 2.24) is 20.0 Å². The van der Waals surface area contributed by atoms with Crippen molar-refractivity contribution in [2.24, 2.45) is 0 Å². The Labute approximate surface area is 162 Å². The molecular formula is C17H14ClN5OS2. The van der Waals surface area contributed by atoms with Gasteiger partial charge in [0, 0.05) is 5.39 Å². The molecule has 1 amide bonds. The number of nitrogens with one attached hydrogen (secondary N) is 1. The van der Waals surface area contributed by atoms with Gasteiger partial charge in [-0.1, -0.05) is 42.0 Å². The van der Waals surface area contributed by atoms with Crippen LogP contribution in [-0.2, 0) is 6.42 Å². The molecular weight excluding hydrogens is 390 g/mol. The molecule has 4 rings (SSSR count). The summed E-state index contributed by atoms with van der Waals surface area (Å²) >= 11 is 9.07. The summed E-state index contributed by atoms with van der Waals surface area (Å²) in [4.78, 5) is 14.1. The first-order chi connectivity index (χ1) is 12.6. The number of amides is 1. The lowest BCUT2D eigenvalue weighted by Crippen LogP contribution is -2.09. The van der Waals surface area contributed by atoms with E-state index in [9.17, 15) is 4.79 Å². The molecule has 0 atom stereocenters. The van der Waals surface area contributed by atoms with Gasteiger partial charge in [-0.05, 0) is 31.5 Å². The fourth-order valence-corrected chi connectivity index (χ4v) is 4.51. The van der Waals surface area contributed by atoms with E-state index in [2.05, 4.69) is 20.6 Å². The van der Waals surface area contributed by atoms with E-state index in [-0.39, 0.29) is 5.91 Å². The average molecular weight is 404 g/mol. The Hall–Kier alpha value is -2.29. The second kappa shape index (κ2) is 6.79. The molecule has 0 aliphatic rings. The number of aryl methyl sites for hydroxylation is 2. The molecule has 0 spiro atoms. The number of aromatic nitrogens is 4. The number of hydrogen-bond acceptors (Lipinski definition) is 6. The number of para-hydroxylation sites is 1. The molecule has 0 aliphatic carbocycles. The standard InChI is InChI=1S/C17H14ClN5OS2/c1-3-14-20-21-17(26-14)19-15(24)13-8-10-9(2)22-23(16(10)25-13)12-7-5-4-6-11(12)18/h4-8H,3H2,1-2H3,(H,19,21,24). The van der Waals surface area contributed by atoms with E-state index in [0.717, 1.165) is 33.0 Å². The predicted octanol–water partition coefficient (Wildman–Crippen LogP) is 4.72. The van der Waals surface area contributed by atoms with Crippen molar-refractivity contribution >= 4 is 55.5 Å². The fraction of sp³-hybridized carbons (Fsp3) is 0.176. The van der Waals surface area contributed by atoms with Crippen molar-refractivity contribution in [3.63, 3.8) is 0 Å². The molecule has 1 N–H and O–H groups in total. The molecule has 0 aliphatic heterocycles. The highest BCUT2D eigenvalue weighted by atomic mass is 35.5. The van der Waals surface area contributed by atoms with Crippen LogP contribution in [0.3, 0.4) is 0 Å². The number of carbonyl (C=O) groups is 1. The smallest absolute Gasteiger partial charge is 0.267 e. The van der Waals surface area contributed by atoms with Crippen LogP contribution in [0.1, 0.15) is 27.3 Å². The van der Waals surface area contributed by atoms with Gasteiger partial charge in [0.05, 0.1) is 21.3 Å². The lowest BCUT2D eigenvalue weighted by molar-refractivity contribution is 0.103.